The Kier molecular flexibility index (Phi) is 7.33. The molecular formula is C24H28N2O2S2. The molecule has 0 saturated carbocycles. The lowest BCUT2D eigenvalue weighted by Crippen LogP contribution is -2.41. The van der Waals surface area contributed by atoms with Gasteiger partial charge in [-0.05, 0) is 48.2 Å². The maximum absolute atomic E-state index is 13.1. The zero-order valence-corrected chi connectivity index (χ0v) is 18.9. The molecule has 0 spiro atoms. The number of nitrogens with one attached hydrogen (secondary N) is 1. The van der Waals surface area contributed by atoms with Crippen LogP contribution in [0.4, 0.5) is 0 Å². The predicted molar refractivity (Wildman–Crippen MR) is 124 cm³/mol. The molecule has 4 rings (SSSR count). The number of hydrogen-bond acceptors (Lipinski definition) is 5. The standard InChI is InChI=1S/C24H28N2O2S2/c1-18-8-10-19(11-9-18)24(22-7-4-14-30-22)25-23(27)17-26(15-20-5-2-12-28-20)16-21-6-3-13-29-21/h3-4,6-11,13-14,20,24H,2,5,12,15-17H2,1H3,(H,25,27)/t20-,24+/m0/s1. The molecule has 1 saturated heterocycles. The van der Waals surface area contributed by atoms with Crippen molar-refractivity contribution in [3.63, 3.8) is 0 Å². The van der Waals surface area contributed by atoms with Crippen LogP contribution in [0.1, 0.15) is 39.8 Å². The second-order valence-electron chi connectivity index (χ2n) is 7.81. The zero-order chi connectivity index (χ0) is 20.8. The van der Waals surface area contributed by atoms with E-state index in [0.29, 0.717) is 6.54 Å². The van der Waals surface area contributed by atoms with Gasteiger partial charge >= 0.3 is 0 Å². The molecule has 2 atom stereocenters. The van der Waals surface area contributed by atoms with Crippen molar-refractivity contribution in [1.82, 2.24) is 10.2 Å². The van der Waals surface area contributed by atoms with Crippen molar-refractivity contribution < 1.29 is 9.53 Å². The molecule has 1 fully saturated rings. The molecule has 1 aliphatic heterocycles. The molecular weight excluding hydrogens is 412 g/mol. The highest BCUT2D eigenvalue weighted by atomic mass is 32.1. The highest BCUT2D eigenvalue weighted by Gasteiger charge is 2.23. The minimum absolute atomic E-state index is 0.0449. The third-order valence-corrected chi connectivity index (χ3v) is 7.15. The first-order chi connectivity index (χ1) is 14.7. The van der Waals surface area contributed by atoms with E-state index in [4.69, 9.17) is 4.74 Å². The Morgan fingerprint density at radius 1 is 1.17 bits per heavy atom. The molecule has 3 aromatic rings. The summed E-state index contributed by atoms with van der Waals surface area (Å²) in [5.74, 6) is 0.0449. The van der Waals surface area contributed by atoms with Gasteiger partial charge in [-0.2, -0.15) is 0 Å². The summed E-state index contributed by atoms with van der Waals surface area (Å²) in [5.41, 5.74) is 2.33. The highest BCUT2D eigenvalue weighted by Crippen LogP contribution is 2.26. The Morgan fingerprint density at radius 3 is 2.63 bits per heavy atom. The molecule has 1 amide bonds. The van der Waals surface area contributed by atoms with Crippen LogP contribution in [-0.4, -0.2) is 36.6 Å². The maximum Gasteiger partial charge on any atom is 0.234 e. The lowest BCUT2D eigenvalue weighted by atomic mass is 10.0. The second-order valence-corrected chi connectivity index (χ2v) is 9.82. The summed E-state index contributed by atoms with van der Waals surface area (Å²) in [7, 11) is 0. The SMILES string of the molecule is Cc1ccc([C@@H](NC(=O)CN(Cc2cccs2)C[C@@H]2CCCO2)c2cccs2)cc1. The van der Waals surface area contributed by atoms with Crippen molar-refractivity contribution in [2.75, 3.05) is 19.7 Å². The van der Waals surface area contributed by atoms with Gasteiger partial charge in [-0.3, -0.25) is 9.69 Å². The summed E-state index contributed by atoms with van der Waals surface area (Å²) in [6.45, 7) is 4.85. The zero-order valence-electron chi connectivity index (χ0n) is 17.3. The summed E-state index contributed by atoms with van der Waals surface area (Å²) in [5, 5.41) is 7.43. The van der Waals surface area contributed by atoms with Gasteiger partial charge in [-0.15, -0.1) is 22.7 Å². The molecule has 3 heterocycles. The molecule has 6 heteroatoms. The van der Waals surface area contributed by atoms with Crippen molar-refractivity contribution in [3.05, 3.63) is 80.2 Å². The molecule has 1 N–H and O–H groups in total. The topological polar surface area (TPSA) is 41.6 Å². The Hall–Kier alpha value is -1.99. The fourth-order valence-electron chi connectivity index (χ4n) is 3.83. The van der Waals surface area contributed by atoms with E-state index in [2.05, 4.69) is 70.4 Å². The van der Waals surface area contributed by atoms with Crippen molar-refractivity contribution in [3.8, 4) is 0 Å². The fourth-order valence-corrected chi connectivity index (χ4v) is 5.38. The first-order valence-electron chi connectivity index (χ1n) is 10.4. The van der Waals surface area contributed by atoms with Gasteiger partial charge in [0.1, 0.15) is 0 Å². The van der Waals surface area contributed by atoms with Gasteiger partial charge in [-0.1, -0.05) is 42.0 Å². The van der Waals surface area contributed by atoms with Crippen LogP contribution in [-0.2, 0) is 16.1 Å². The minimum Gasteiger partial charge on any atom is -0.377 e. The van der Waals surface area contributed by atoms with Crippen LogP contribution in [0.3, 0.4) is 0 Å². The van der Waals surface area contributed by atoms with Crippen LogP contribution < -0.4 is 5.32 Å². The Labute approximate surface area is 186 Å². The van der Waals surface area contributed by atoms with Crippen LogP contribution in [0.25, 0.3) is 0 Å². The van der Waals surface area contributed by atoms with E-state index in [-0.39, 0.29) is 18.1 Å². The van der Waals surface area contributed by atoms with Gasteiger partial charge in [0.05, 0.1) is 18.7 Å². The summed E-state index contributed by atoms with van der Waals surface area (Å²) in [6.07, 6.45) is 2.41. The highest BCUT2D eigenvalue weighted by molar-refractivity contribution is 7.10. The van der Waals surface area contributed by atoms with E-state index in [9.17, 15) is 4.79 Å². The number of amides is 1. The lowest BCUT2D eigenvalue weighted by molar-refractivity contribution is -0.123. The minimum atomic E-state index is -0.121. The Morgan fingerprint density at radius 2 is 1.97 bits per heavy atom. The van der Waals surface area contributed by atoms with Crippen LogP contribution >= 0.6 is 22.7 Å². The van der Waals surface area contributed by atoms with E-state index in [0.717, 1.165) is 43.0 Å². The maximum atomic E-state index is 13.1. The Balaban J connectivity index is 1.46. The van der Waals surface area contributed by atoms with E-state index in [1.807, 2.05) is 6.07 Å². The van der Waals surface area contributed by atoms with Gasteiger partial charge in [0.25, 0.3) is 0 Å². The molecule has 4 nitrogen and oxygen atoms in total. The number of nitrogens with zero attached hydrogens (tertiary/aromatic N) is 1. The molecule has 1 aromatic carbocycles. The first-order valence-corrected chi connectivity index (χ1v) is 12.2. The number of ether oxygens (including phenoxy) is 1. The van der Waals surface area contributed by atoms with Gasteiger partial charge in [-0.25, -0.2) is 0 Å². The van der Waals surface area contributed by atoms with E-state index in [1.165, 1.54) is 10.4 Å². The molecule has 1 aliphatic rings. The van der Waals surface area contributed by atoms with Crippen molar-refractivity contribution in [2.45, 2.75) is 38.5 Å². The smallest absolute Gasteiger partial charge is 0.234 e. The third kappa shape index (κ3) is 5.79. The van der Waals surface area contributed by atoms with E-state index < -0.39 is 0 Å². The molecule has 0 aliphatic carbocycles. The average Bonchev–Trinajstić information content (AvgIpc) is 3.51. The van der Waals surface area contributed by atoms with Crippen molar-refractivity contribution >= 4 is 28.6 Å². The molecule has 158 valence electrons. The number of carbonyl (C=O) groups excluding carboxylic acids is 1. The van der Waals surface area contributed by atoms with Crippen LogP contribution in [0, 0.1) is 6.92 Å². The Bertz CT molecular complexity index is 901. The molecule has 0 bridgehead atoms. The molecule has 0 unspecified atom stereocenters. The average molecular weight is 441 g/mol. The molecule has 30 heavy (non-hydrogen) atoms. The quantitative estimate of drug-likeness (QED) is 0.509. The van der Waals surface area contributed by atoms with Gasteiger partial charge < -0.3 is 10.1 Å². The summed E-state index contributed by atoms with van der Waals surface area (Å²) < 4.78 is 5.84. The molecule has 0 radical (unpaired) electrons. The third-order valence-electron chi connectivity index (χ3n) is 5.36. The number of benzene rings is 1. The largest absolute Gasteiger partial charge is 0.377 e. The summed E-state index contributed by atoms with van der Waals surface area (Å²) >= 11 is 3.41. The van der Waals surface area contributed by atoms with Crippen LogP contribution in [0.15, 0.2) is 59.3 Å². The van der Waals surface area contributed by atoms with Gasteiger partial charge in [0, 0.05) is 29.5 Å². The number of thiophene rings is 2. The predicted octanol–water partition coefficient (Wildman–Crippen LogP) is 5.00. The van der Waals surface area contributed by atoms with Crippen LogP contribution in [0.5, 0.6) is 0 Å². The summed E-state index contributed by atoms with van der Waals surface area (Å²) in [6, 6.07) is 16.6. The molecule has 2 aromatic heterocycles. The number of rotatable bonds is 9. The van der Waals surface area contributed by atoms with Crippen molar-refractivity contribution in [1.29, 1.82) is 0 Å². The van der Waals surface area contributed by atoms with Crippen LogP contribution in [0.2, 0.25) is 0 Å². The van der Waals surface area contributed by atoms with E-state index in [1.54, 1.807) is 22.7 Å². The normalized spacial score (nSPS) is 17.3. The van der Waals surface area contributed by atoms with Gasteiger partial charge in [0.2, 0.25) is 5.91 Å². The number of aryl methyl sites for hydroxylation is 1. The second kappa shape index (κ2) is 10.4. The van der Waals surface area contributed by atoms with Crippen molar-refractivity contribution in [2.24, 2.45) is 0 Å². The van der Waals surface area contributed by atoms with Gasteiger partial charge in [0.15, 0.2) is 0 Å². The summed E-state index contributed by atoms with van der Waals surface area (Å²) in [4.78, 5) is 17.8. The number of hydrogen-bond donors (Lipinski definition) is 1. The number of carbonyl (C=O) groups is 1. The monoisotopic (exact) mass is 440 g/mol. The fraction of sp³-hybridized carbons (Fsp3) is 0.375. The first kappa shape index (κ1) is 21.2. The van der Waals surface area contributed by atoms with E-state index >= 15 is 0 Å². The lowest BCUT2D eigenvalue weighted by Gasteiger charge is -2.26.